The van der Waals surface area contributed by atoms with Crippen molar-refractivity contribution >= 4 is 38.5 Å². The van der Waals surface area contributed by atoms with Crippen molar-refractivity contribution in [3.05, 3.63) is 18.3 Å². The third-order valence-electron chi connectivity index (χ3n) is 1.93. The van der Waals surface area contributed by atoms with Crippen LogP contribution >= 0.6 is 11.3 Å². The molecule has 0 fully saturated rings. The summed E-state index contributed by atoms with van der Waals surface area (Å²) in [6.45, 7) is 0.269. The number of nitrogens with two attached hydrogens (primary N) is 1. The highest BCUT2D eigenvalue weighted by Gasteiger charge is 2.11. The predicted octanol–water partition coefficient (Wildman–Crippen LogP) is 0.467. The molecule has 0 aliphatic rings. The Labute approximate surface area is 104 Å². The molecule has 0 aliphatic heterocycles. The van der Waals surface area contributed by atoms with E-state index in [0.29, 0.717) is 10.1 Å². The molecule has 6 nitrogen and oxygen atoms in total. The summed E-state index contributed by atoms with van der Waals surface area (Å²) in [7, 11) is -1.24. The van der Waals surface area contributed by atoms with Gasteiger partial charge in [0, 0.05) is 18.5 Å². The Balaban J connectivity index is 2.06. The zero-order valence-electron chi connectivity index (χ0n) is 8.75. The van der Waals surface area contributed by atoms with Gasteiger partial charge in [0.15, 0.2) is 4.34 Å². The molecule has 17 heavy (non-hydrogen) atoms. The fourth-order valence-electron chi connectivity index (χ4n) is 1.20. The summed E-state index contributed by atoms with van der Waals surface area (Å²) in [5.74, 6) is 0.294. The Hall–Kier alpha value is -1.54. The highest BCUT2D eigenvalue weighted by molar-refractivity contribution is 7.87. The van der Waals surface area contributed by atoms with E-state index in [9.17, 15) is 9.00 Å². The molecule has 0 bridgehead atoms. The molecule has 2 rings (SSSR count). The second kappa shape index (κ2) is 5.19. The van der Waals surface area contributed by atoms with Crippen LogP contribution in [0.2, 0.25) is 0 Å². The van der Waals surface area contributed by atoms with E-state index in [2.05, 4.69) is 15.3 Å². The number of nitrogens with zero attached hydrogens (tertiary/aromatic N) is 2. The SMILES string of the molecule is NC(=O)NCCS(=O)c1nc2cccnc2s1. The number of thiazole rings is 1. The van der Waals surface area contributed by atoms with Gasteiger partial charge in [0.1, 0.15) is 10.3 Å². The number of fused-ring (bicyclic) bond motifs is 1. The summed E-state index contributed by atoms with van der Waals surface area (Å²) in [4.78, 5) is 19.6. The maximum absolute atomic E-state index is 11.8. The summed E-state index contributed by atoms with van der Waals surface area (Å²) in [6.07, 6.45) is 1.67. The zero-order valence-corrected chi connectivity index (χ0v) is 10.4. The Kier molecular flexibility index (Phi) is 3.64. The lowest BCUT2D eigenvalue weighted by atomic mass is 10.5. The van der Waals surface area contributed by atoms with E-state index in [1.165, 1.54) is 11.3 Å². The normalized spacial score (nSPS) is 12.5. The summed E-state index contributed by atoms with van der Waals surface area (Å²) in [5.41, 5.74) is 5.65. The van der Waals surface area contributed by atoms with Crippen LogP contribution < -0.4 is 11.1 Å². The largest absolute Gasteiger partial charge is 0.352 e. The third kappa shape index (κ3) is 2.98. The number of primary amides is 1. The summed E-state index contributed by atoms with van der Waals surface area (Å²) in [6, 6.07) is 2.98. The molecule has 0 radical (unpaired) electrons. The minimum absolute atomic E-state index is 0.269. The smallest absolute Gasteiger partial charge is 0.312 e. The first-order valence-corrected chi connectivity index (χ1v) is 6.93. The first-order valence-electron chi connectivity index (χ1n) is 4.80. The van der Waals surface area contributed by atoms with E-state index in [4.69, 9.17) is 5.73 Å². The van der Waals surface area contributed by atoms with Crippen molar-refractivity contribution in [3.63, 3.8) is 0 Å². The van der Waals surface area contributed by atoms with Crippen molar-refractivity contribution in [3.8, 4) is 0 Å². The molecule has 1 atom stereocenters. The third-order valence-corrected chi connectivity index (χ3v) is 4.57. The van der Waals surface area contributed by atoms with E-state index in [1.807, 2.05) is 6.07 Å². The standard InChI is InChI=1S/C9H10N4O2S2/c10-8(14)12-4-5-17(15)9-13-6-2-1-3-11-7(6)16-9/h1-3H,4-5H2,(H3,10,12,14). The van der Waals surface area contributed by atoms with Gasteiger partial charge in [-0.3, -0.25) is 4.21 Å². The molecule has 0 aromatic carbocycles. The van der Waals surface area contributed by atoms with Crippen molar-refractivity contribution in [2.75, 3.05) is 12.3 Å². The van der Waals surface area contributed by atoms with Gasteiger partial charge in [0.05, 0.1) is 10.8 Å². The Bertz CT molecular complexity index is 536. The fourth-order valence-corrected chi connectivity index (χ4v) is 3.36. The molecule has 0 saturated heterocycles. The molecule has 2 aromatic heterocycles. The zero-order chi connectivity index (χ0) is 12.3. The number of pyridine rings is 1. The van der Waals surface area contributed by atoms with E-state index in [0.717, 1.165) is 10.3 Å². The van der Waals surface area contributed by atoms with Crippen molar-refractivity contribution in [2.24, 2.45) is 5.73 Å². The van der Waals surface area contributed by atoms with Gasteiger partial charge in [-0.2, -0.15) is 0 Å². The number of hydrogen-bond acceptors (Lipinski definition) is 5. The van der Waals surface area contributed by atoms with E-state index >= 15 is 0 Å². The maximum atomic E-state index is 11.8. The van der Waals surface area contributed by atoms with Crippen LogP contribution in [0, 0.1) is 0 Å². The van der Waals surface area contributed by atoms with Gasteiger partial charge >= 0.3 is 6.03 Å². The summed E-state index contributed by atoms with van der Waals surface area (Å²) >= 11 is 1.30. The minimum atomic E-state index is -1.24. The Morgan fingerprint density at radius 3 is 3.12 bits per heavy atom. The van der Waals surface area contributed by atoms with Crippen LogP contribution in [0.3, 0.4) is 0 Å². The lowest BCUT2D eigenvalue weighted by molar-refractivity contribution is 0.249. The number of hydrogen-bond donors (Lipinski definition) is 2. The molecule has 1 unspecified atom stereocenters. The average Bonchev–Trinajstić information content (AvgIpc) is 2.71. The number of urea groups is 1. The second-order valence-corrected chi connectivity index (χ2v) is 5.87. The molecule has 90 valence electrons. The number of carbonyl (C=O) groups is 1. The van der Waals surface area contributed by atoms with E-state index in [-0.39, 0.29) is 6.54 Å². The quantitative estimate of drug-likeness (QED) is 0.843. The number of amides is 2. The van der Waals surface area contributed by atoms with Crippen LogP contribution in [0.15, 0.2) is 22.7 Å². The molecule has 3 N–H and O–H groups in total. The van der Waals surface area contributed by atoms with Gasteiger partial charge in [-0.25, -0.2) is 14.8 Å². The van der Waals surface area contributed by atoms with E-state index in [1.54, 1.807) is 12.3 Å². The molecule has 2 heterocycles. The van der Waals surface area contributed by atoms with Crippen molar-refractivity contribution < 1.29 is 9.00 Å². The van der Waals surface area contributed by atoms with Gasteiger partial charge < -0.3 is 11.1 Å². The fraction of sp³-hybridized carbons (Fsp3) is 0.222. The maximum Gasteiger partial charge on any atom is 0.312 e. The molecular weight excluding hydrogens is 260 g/mol. The van der Waals surface area contributed by atoms with Crippen LogP contribution in [-0.2, 0) is 10.8 Å². The lowest BCUT2D eigenvalue weighted by Gasteiger charge is -1.99. The molecule has 8 heteroatoms. The number of rotatable bonds is 4. The van der Waals surface area contributed by atoms with Gasteiger partial charge in [0.25, 0.3) is 0 Å². The minimum Gasteiger partial charge on any atom is -0.352 e. The summed E-state index contributed by atoms with van der Waals surface area (Å²) in [5, 5.41) is 2.39. The molecule has 0 saturated carbocycles. The highest BCUT2D eigenvalue weighted by atomic mass is 32.2. The van der Waals surface area contributed by atoms with Crippen molar-refractivity contribution in [1.29, 1.82) is 0 Å². The van der Waals surface area contributed by atoms with Crippen LogP contribution in [0.1, 0.15) is 0 Å². The van der Waals surface area contributed by atoms with Crippen LogP contribution in [0.5, 0.6) is 0 Å². The first kappa shape index (κ1) is 11.9. The molecule has 0 aliphatic carbocycles. The first-order chi connectivity index (χ1) is 8.16. The molecular formula is C9H10N4O2S2. The van der Waals surface area contributed by atoms with Crippen molar-refractivity contribution in [2.45, 2.75) is 4.34 Å². The topological polar surface area (TPSA) is 98.0 Å². The number of aromatic nitrogens is 2. The van der Waals surface area contributed by atoms with E-state index < -0.39 is 16.8 Å². The van der Waals surface area contributed by atoms with Crippen LogP contribution in [0.4, 0.5) is 4.79 Å². The summed E-state index contributed by atoms with van der Waals surface area (Å²) < 4.78 is 12.4. The van der Waals surface area contributed by atoms with Crippen molar-refractivity contribution in [1.82, 2.24) is 15.3 Å². The van der Waals surface area contributed by atoms with Gasteiger partial charge in [-0.1, -0.05) is 11.3 Å². The van der Waals surface area contributed by atoms with Crippen LogP contribution in [-0.4, -0.2) is 32.5 Å². The number of nitrogens with one attached hydrogen (secondary N) is 1. The lowest BCUT2D eigenvalue weighted by Crippen LogP contribution is -2.32. The van der Waals surface area contributed by atoms with Crippen LogP contribution in [0.25, 0.3) is 10.3 Å². The number of carbonyl (C=O) groups excluding carboxylic acids is 1. The average molecular weight is 270 g/mol. The van der Waals surface area contributed by atoms with Gasteiger partial charge in [0.2, 0.25) is 0 Å². The second-order valence-electron chi connectivity index (χ2n) is 3.15. The molecule has 2 aromatic rings. The van der Waals surface area contributed by atoms with Gasteiger partial charge in [-0.05, 0) is 12.1 Å². The highest BCUT2D eigenvalue weighted by Crippen LogP contribution is 2.21. The predicted molar refractivity (Wildman–Crippen MR) is 66.3 cm³/mol. The Morgan fingerprint density at radius 1 is 1.59 bits per heavy atom. The molecule has 2 amide bonds. The van der Waals surface area contributed by atoms with Gasteiger partial charge in [-0.15, -0.1) is 0 Å². The Morgan fingerprint density at radius 2 is 2.41 bits per heavy atom. The molecule has 0 spiro atoms. The monoisotopic (exact) mass is 270 g/mol.